The van der Waals surface area contributed by atoms with Crippen LogP contribution in [0.25, 0.3) is 0 Å². The summed E-state index contributed by atoms with van der Waals surface area (Å²) in [7, 11) is 0. The van der Waals surface area contributed by atoms with Crippen LogP contribution in [0, 0.1) is 0 Å². The summed E-state index contributed by atoms with van der Waals surface area (Å²) in [6, 6.07) is 0. The van der Waals surface area contributed by atoms with E-state index in [1.165, 1.54) is 64.2 Å². The van der Waals surface area contributed by atoms with Gasteiger partial charge < -0.3 is 10.4 Å². The molecule has 1 saturated heterocycles. The third-order valence-electron chi connectivity index (χ3n) is 4.53. The summed E-state index contributed by atoms with van der Waals surface area (Å²) >= 11 is 0. The topological polar surface area (TPSA) is 32.3 Å². The number of nitrogens with one attached hydrogen (secondary N) is 1. The Morgan fingerprint density at radius 3 is 1.79 bits per heavy atom. The van der Waals surface area contributed by atoms with Gasteiger partial charge in [0.15, 0.2) is 0 Å². The molecule has 2 heteroatoms. The smallest absolute Gasteiger partial charge is 0.0672 e. The summed E-state index contributed by atoms with van der Waals surface area (Å²) in [5.41, 5.74) is -0.342. The summed E-state index contributed by atoms with van der Waals surface area (Å²) in [6.45, 7) is 4.26. The number of hydrogen-bond donors (Lipinski definition) is 2. The monoisotopic (exact) mass is 269 g/mol. The molecule has 114 valence electrons. The summed E-state index contributed by atoms with van der Waals surface area (Å²) in [5.74, 6) is 0. The molecule has 0 unspecified atom stereocenters. The van der Waals surface area contributed by atoms with Crippen LogP contribution >= 0.6 is 0 Å². The van der Waals surface area contributed by atoms with Crippen molar-refractivity contribution in [3.8, 4) is 0 Å². The quantitative estimate of drug-likeness (QED) is 0.544. The van der Waals surface area contributed by atoms with Crippen LogP contribution in [0.15, 0.2) is 0 Å². The maximum Gasteiger partial charge on any atom is 0.0672 e. The zero-order valence-corrected chi connectivity index (χ0v) is 13.1. The van der Waals surface area contributed by atoms with Crippen LogP contribution in [0.1, 0.15) is 90.4 Å². The van der Waals surface area contributed by atoms with Gasteiger partial charge in [-0.25, -0.2) is 0 Å². The van der Waals surface area contributed by atoms with Crippen LogP contribution in [0.4, 0.5) is 0 Å². The lowest BCUT2D eigenvalue weighted by molar-refractivity contribution is 0.000286. The molecule has 0 bridgehead atoms. The molecule has 0 atom stereocenters. The first-order chi connectivity index (χ1) is 9.27. The Kier molecular flexibility index (Phi) is 9.54. The predicted octanol–water partition coefficient (Wildman–Crippen LogP) is 4.41. The Morgan fingerprint density at radius 1 is 0.789 bits per heavy atom. The van der Waals surface area contributed by atoms with Crippen molar-refractivity contribution >= 4 is 0 Å². The molecule has 1 heterocycles. The van der Waals surface area contributed by atoms with Crippen LogP contribution in [0.2, 0.25) is 0 Å². The third kappa shape index (κ3) is 8.65. The average Bonchev–Trinajstić information content (AvgIpc) is 2.42. The van der Waals surface area contributed by atoms with Crippen LogP contribution < -0.4 is 5.32 Å². The average molecular weight is 269 g/mol. The van der Waals surface area contributed by atoms with Crippen molar-refractivity contribution in [1.29, 1.82) is 0 Å². The molecule has 0 aliphatic carbocycles. The highest BCUT2D eigenvalue weighted by atomic mass is 16.3. The summed E-state index contributed by atoms with van der Waals surface area (Å²) in [4.78, 5) is 0. The fraction of sp³-hybridized carbons (Fsp3) is 1.00. The van der Waals surface area contributed by atoms with Gasteiger partial charge in [0.25, 0.3) is 0 Å². The van der Waals surface area contributed by atoms with Gasteiger partial charge in [-0.1, -0.05) is 71.1 Å². The van der Waals surface area contributed by atoms with E-state index >= 15 is 0 Å². The molecular weight excluding hydrogens is 234 g/mol. The lowest BCUT2D eigenvalue weighted by atomic mass is 9.87. The van der Waals surface area contributed by atoms with E-state index in [4.69, 9.17) is 0 Å². The van der Waals surface area contributed by atoms with Gasteiger partial charge in [0.1, 0.15) is 0 Å². The fourth-order valence-electron chi connectivity index (χ4n) is 3.08. The van der Waals surface area contributed by atoms with Gasteiger partial charge in [0.05, 0.1) is 5.60 Å². The van der Waals surface area contributed by atoms with E-state index in [2.05, 4.69) is 12.2 Å². The molecule has 1 fully saturated rings. The van der Waals surface area contributed by atoms with Crippen molar-refractivity contribution in [3.05, 3.63) is 0 Å². The molecule has 1 rings (SSSR count). The van der Waals surface area contributed by atoms with E-state index in [1.807, 2.05) is 0 Å². The van der Waals surface area contributed by atoms with Crippen LogP contribution in [0.5, 0.6) is 0 Å². The minimum absolute atomic E-state index is 0.342. The highest BCUT2D eigenvalue weighted by Gasteiger charge is 2.27. The maximum absolute atomic E-state index is 10.4. The van der Waals surface area contributed by atoms with E-state index in [9.17, 15) is 5.11 Å². The molecular formula is C17H35NO. The van der Waals surface area contributed by atoms with E-state index in [0.717, 1.165) is 32.4 Å². The van der Waals surface area contributed by atoms with Gasteiger partial charge in [-0.3, -0.25) is 0 Å². The number of piperidine rings is 1. The van der Waals surface area contributed by atoms with Crippen LogP contribution in [-0.4, -0.2) is 23.8 Å². The second kappa shape index (κ2) is 10.7. The van der Waals surface area contributed by atoms with Gasteiger partial charge >= 0.3 is 0 Å². The van der Waals surface area contributed by atoms with Crippen LogP contribution in [-0.2, 0) is 0 Å². The molecule has 0 amide bonds. The SMILES string of the molecule is CCCCCCCCCCCCC1(O)CCNCC1. The number of unbranched alkanes of at least 4 members (excludes halogenated alkanes) is 9. The molecule has 0 aromatic carbocycles. The third-order valence-corrected chi connectivity index (χ3v) is 4.53. The summed E-state index contributed by atoms with van der Waals surface area (Å²) in [6.07, 6.45) is 16.7. The number of rotatable bonds is 11. The van der Waals surface area contributed by atoms with E-state index < -0.39 is 0 Å². The Morgan fingerprint density at radius 2 is 1.26 bits per heavy atom. The molecule has 1 aliphatic heterocycles. The Hall–Kier alpha value is -0.0800. The first-order valence-electron chi connectivity index (χ1n) is 8.70. The zero-order valence-electron chi connectivity index (χ0n) is 13.1. The molecule has 19 heavy (non-hydrogen) atoms. The Balaban J connectivity index is 1.83. The lowest BCUT2D eigenvalue weighted by Crippen LogP contribution is -2.41. The summed E-state index contributed by atoms with van der Waals surface area (Å²) < 4.78 is 0. The minimum atomic E-state index is -0.342. The maximum atomic E-state index is 10.4. The minimum Gasteiger partial charge on any atom is -0.390 e. The van der Waals surface area contributed by atoms with E-state index in [-0.39, 0.29) is 5.60 Å². The van der Waals surface area contributed by atoms with Gasteiger partial charge in [-0.2, -0.15) is 0 Å². The largest absolute Gasteiger partial charge is 0.390 e. The van der Waals surface area contributed by atoms with E-state index in [1.54, 1.807) is 0 Å². The first kappa shape index (κ1) is 17.0. The second-order valence-corrected chi connectivity index (χ2v) is 6.41. The molecule has 2 nitrogen and oxygen atoms in total. The van der Waals surface area contributed by atoms with E-state index in [0.29, 0.717) is 0 Å². The van der Waals surface area contributed by atoms with Crippen molar-refractivity contribution in [2.75, 3.05) is 13.1 Å². The molecule has 0 aromatic rings. The molecule has 1 aliphatic rings. The standard InChI is InChI=1S/C17H35NO/c1-2-3-4-5-6-7-8-9-10-11-12-17(19)13-15-18-16-14-17/h18-19H,2-16H2,1H3. The first-order valence-corrected chi connectivity index (χ1v) is 8.70. The number of aliphatic hydroxyl groups is 1. The normalized spacial score (nSPS) is 18.6. The van der Waals surface area contributed by atoms with Crippen molar-refractivity contribution in [1.82, 2.24) is 5.32 Å². The van der Waals surface area contributed by atoms with Gasteiger partial charge in [0.2, 0.25) is 0 Å². The van der Waals surface area contributed by atoms with Crippen molar-refractivity contribution in [2.24, 2.45) is 0 Å². The zero-order chi connectivity index (χ0) is 13.8. The van der Waals surface area contributed by atoms with Crippen molar-refractivity contribution in [3.63, 3.8) is 0 Å². The Labute approximate surface area is 120 Å². The lowest BCUT2D eigenvalue weighted by Gasteiger charge is -2.32. The molecule has 2 N–H and O–H groups in total. The predicted molar refractivity (Wildman–Crippen MR) is 83.5 cm³/mol. The fourth-order valence-corrected chi connectivity index (χ4v) is 3.08. The van der Waals surface area contributed by atoms with Gasteiger partial charge in [0, 0.05) is 0 Å². The second-order valence-electron chi connectivity index (χ2n) is 6.41. The van der Waals surface area contributed by atoms with Crippen molar-refractivity contribution < 1.29 is 5.11 Å². The Bertz CT molecular complexity index is 199. The van der Waals surface area contributed by atoms with Gasteiger partial charge in [-0.05, 0) is 32.4 Å². The van der Waals surface area contributed by atoms with Gasteiger partial charge in [-0.15, -0.1) is 0 Å². The highest BCUT2D eigenvalue weighted by Crippen LogP contribution is 2.25. The molecule has 0 saturated carbocycles. The highest BCUT2D eigenvalue weighted by molar-refractivity contribution is 4.83. The molecule has 0 radical (unpaired) electrons. The van der Waals surface area contributed by atoms with Crippen LogP contribution in [0.3, 0.4) is 0 Å². The summed E-state index contributed by atoms with van der Waals surface area (Å²) in [5, 5.41) is 13.7. The number of hydrogen-bond acceptors (Lipinski definition) is 2. The molecule has 0 spiro atoms. The molecule has 0 aromatic heterocycles. The van der Waals surface area contributed by atoms with Crippen molar-refractivity contribution in [2.45, 2.75) is 96.0 Å².